The van der Waals surface area contributed by atoms with E-state index in [-0.39, 0.29) is 17.1 Å². The highest BCUT2D eigenvalue weighted by molar-refractivity contribution is 7.89. The molecule has 0 aliphatic carbocycles. The standard InChI is InChI=1S/C21H25N3O5S/c1-15-4-3-11-24(13-15)30(27,28)19-9-7-17(8-10-19)23-20(25)14-29-18-6-2-5-16(12-18)21(22)26/h2,5-10,12,15H,3-4,11,13-14H2,1H3,(H2,22,26)(H,23,25). The van der Waals surface area contributed by atoms with Crippen molar-refractivity contribution in [1.82, 2.24) is 4.31 Å². The van der Waals surface area contributed by atoms with Crippen LogP contribution in [0.4, 0.5) is 5.69 Å². The topological polar surface area (TPSA) is 119 Å². The molecular weight excluding hydrogens is 406 g/mol. The molecule has 2 amide bonds. The van der Waals surface area contributed by atoms with Crippen molar-refractivity contribution >= 4 is 27.5 Å². The number of carbonyl (C=O) groups is 2. The van der Waals surface area contributed by atoms with E-state index in [1.807, 2.05) is 6.92 Å². The molecule has 1 heterocycles. The van der Waals surface area contributed by atoms with Crippen LogP contribution in [0.25, 0.3) is 0 Å². The molecule has 3 rings (SSSR count). The third-order valence-electron chi connectivity index (χ3n) is 4.88. The molecule has 160 valence electrons. The predicted molar refractivity (Wildman–Crippen MR) is 113 cm³/mol. The Balaban J connectivity index is 1.58. The zero-order valence-corrected chi connectivity index (χ0v) is 17.5. The Morgan fingerprint density at radius 3 is 2.60 bits per heavy atom. The van der Waals surface area contributed by atoms with Crippen LogP contribution in [0.5, 0.6) is 5.75 Å². The Labute approximate surface area is 176 Å². The number of piperidine rings is 1. The van der Waals surface area contributed by atoms with Gasteiger partial charge in [0.05, 0.1) is 4.90 Å². The van der Waals surface area contributed by atoms with Crippen LogP contribution < -0.4 is 15.8 Å². The maximum Gasteiger partial charge on any atom is 0.262 e. The number of primary amides is 1. The maximum absolute atomic E-state index is 12.8. The van der Waals surface area contributed by atoms with Gasteiger partial charge in [-0.3, -0.25) is 9.59 Å². The molecule has 1 unspecified atom stereocenters. The van der Waals surface area contributed by atoms with Gasteiger partial charge in [-0.1, -0.05) is 13.0 Å². The van der Waals surface area contributed by atoms with E-state index in [1.165, 1.54) is 22.5 Å². The molecule has 0 bridgehead atoms. The van der Waals surface area contributed by atoms with Crippen molar-refractivity contribution in [3.63, 3.8) is 0 Å². The fraction of sp³-hybridized carbons (Fsp3) is 0.333. The Hall–Kier alpha value is -2.91. The average Bonchev–Trinajstić information content (AvgIpc) is 2.73. The van der Waals surface area contributed by atoms with Gasteiger partial charge in [0.15, 0.2) is 6.61 Å². The van der Waals surface area contributed by atoms with Crippen LogP contribution in [0.1, 0.15) is 30.1 Å². The number of sulfonamides is 1. The van der Waals surface area contributed by atoms with Gasteiger partial charge in [-0.2, -0.15) is 4.31 Å². The van der Waals surface area contributed by atoms with Gasteiger partial charge in [0.2, 0.25) is 15.9 Å². The van der Waals surface area contributed by atoms with Gasteiger partial charge in [-0.25, -0.2) is 8.42 Å². The number of nitrogens with two attached hydrogens (primary N) is 1. The molecule has 1 saturated heterocycles. The van der Waals surface area contributed by atoms with Crippen molar-refractivity contribution in [2.24, 2.45) is 11.7 Å². The number of hydrogen-bond donors (Lipinski definition) is 2. The number of anilines is 1. The minimum absolute atomic E-state index is 0.203. The minimum atomic E-state index is -3.54. The molecule has 0 aromatic heterocycles. The SMILES string of the molecule is CC1CCCN(S(=O)(=O)c2ccc(NC(=O)COc3cccc(C(N)=O)c3)cc2)C1. The molecule has 1 fully saturated rings. The van der Waals surface area contributed by atoms with E-state index < -0.39 is 21.8 Å². The van der Waals surface area contributed by atoms with Gasteiger partial charge in [-0.15, -0.1) is 0 Å². The first-order chi connectivity index (χ1) is 14.3. The summed E-state index contributed by atoms with van der Waals surface area (Å²) in [6.07, 6.45) is 1.89. The largest absolute Gasteiger partial charge is 0.484 e. The summed E-state index contributed by atoms with van der Waals surface area (Å²) in [7, 11) is -3.54. The third-order valence-corrected chi connectivity index (χ3v) is 6.76. The van der Waals surface area contributed by atoms with Crippen molar-refractivity contribution < 1.29 is 22.7 Å². The second-order valence-electron chi connectivity index (χ2n) is 7.36. The summed E-state index contributed by atoms with van der Waals surface area (Å²) in [5, 5.41) is 2.65. The highest BCUT2D eigenvalue weighted by Crippen LogP contribution is 2.24. The van der Waals surface area contributed by atoms with Gasteiger partial charge in [0.25, 0.3) is 5.91 Å². The second kappa shape index (κ2) is 9.27. The Kier molecular flexibility index (Phi) is 6.73. The maximum atomic E-state index is 12.8. The number of amides is 2. The fourth-order valence-corrected chi connectivity index (χ4v) is 4.91. The van der Waals surface area contributed by atoms with Gasteiger partial charge >= 0.3 is 0 Å². The molecule has 1 aliphatic rings. The summed E-state index contributed by atoms with van der Waals surface area (Å²) in [6.45, 7) is 2.83. The van der Waals surface area contributed by atoms with Crippen LogP contribution >= 0.6 is 0 Å². The first kappa shape index (κ1) is 21.8. The Morgan fingerprint density at radius 2 is 1.93 bits per heavy atom. The van der Waals surface area contributed by atoms with Crippen LogP contribution in [0.3, 0.4) is 0 Å². The number of carbonyl (C=O) groups excluding carboxylic acids is 2. The van der Waals surface area contributed by atoms with Crippen molar-refractivity contribution in [1.29, 1.82) is 0 Å². The molecular formula is C21H25N3O5S. The molecule has 9 heteroatoms. The smallest absolute Gasteiger partial charge is 0.262 e. The van der Waals surface area contributed by atoms with Crippen molar-refractivity contribution in [2.45, 2.75) is 24.7 Å². The predicted octanol–water partition coefficient (Wildman–Crippen LogP) is 2.22. The fourth-order valence-electron chi connectivity index (χ4n) is 3.31. The molecule has 0 saturated carbocycles. The quantitative estimate of drug-likeness (QED) is 0.697. The third kappa shape index (κ3) is 5.37. The zero-order valence-electron chi connectivity index (χ0n) is 16.7. The number of nitrogens with zero attached hydrogens (tertiary/aromatic N) is 1. The summed E-state index contributed by atoms with van der Waals surface area (Å²) in [4.78, 5) is 23.5. The van der Waals surface area contributed by atoms with Crippen LogP contribution in [0.2, 0.25) is 0 Å². The Morgan fingerprint density at radius 1 is 1.20 bits per heavy atom. The van der Waals surface area contributed by atoms with E-state index in [1.54, 1.807) is 30.3 Å². The second-order valence-corrected chi connectivity index (χ2v) is 9.30. The minimum Gasteiger partial charge on any atom is -0.484 e. The summed E-state index contributed by atoms with van der Waals surface area (Å²) in [5.74, 6) is -0.312. The van der Waals surface area contributed by atoms with Crippen LogP contribution in [-0.4, -0.2) is 44.2 Å². The highest BCUT2D eigenvalue weighted by Gasteiger charge is 2.28. The summed E-state index contributed by atoms with van der Waals surface area (Å²) in [6, 6.07) is 12.3. The zero-order chi connectivity index (χ0) is 21.7. The lowest BCUT2D eigenvalue weighted by Gasteiger charge is -2.30. The van der Waals surface area contributed by atoms with E-state index in [9.17, 15) is 18.0 Å². The normalized spacial score (nSPS) is 17.3. The lowest BCUT2D eigenvalue weighted by molar-refractivity contribution is -0.118. The molecule has 0 radical (unpaired) electrons. The summed E-state index contributed by atoms with van der Waals surface area (Å²) < 4.78 is 32.5. The average molecular weight is 432 g/mol. The van der Waals surface area contributed by atoms with Gasteiger partial charge in [0.1, 0.15) is 5.75 Å². The van der Waals surface area contributed by atoms with Gasteiger partial charge < -0.3 is 15.8 Å². The van der Waals surface area contributed by atoms with Gasteiger partial charge in [0, 0.05) is 24.3 Å². The van der Waals surface area contributed by atoms with Crippen LogP contribution in [0, 0.1) is 5.92 Å². The molecule has 2 aromatic carbocycles. The van der Waals surface area contributed by atoms with Crippen LogP contribution in [-0.2, 0) is 14.8 Å². The van der Waals surface area contributed by atoms with Crippen molar-refractivity contribution in [3.05, 3.63) is 54.1 Å². The highest BCUT2D eigenvalue weighted by atomic mass is 32.2. The molecule has 1 aliphatic heterocycles. The van der Waals surface area contributed by atoms with E-state index in [4.69, 9.17) is 10.5 Å². The number of benzene rings is 2. The first-order valence-corrected chi connectivity index (χ1v) is 11.1. The molecule has 0 spiro atoms. The van der Waals surface area contributed by atoms with Gasteiger partial charge in [-0.05, 0) is 61.2 Å². The van der Waals surface area contributed by atoms with Crippen LogP contribution in [0.15, 0.2) is 53.4 Å². The van der Waals surface area contributed by atoms with E-state index >= 15 is 0 Å². The number of ether oxygens (including phenoxy) is 1. The molecule has 8 nitrogen and oxygen atoms in total. The monoisotopic (exact) mass is 431 g/mol. The van der Waals surface area contributed by atoms with E-state index in [0.29, 0.717) is 30.4 Å². The lowest BCUT2D eigenvalue weighted by Crippen LogP contribution is -2.39. The van der Waals surface area contributed by atoms with Crippen molar-refractivity contribution in [3.8, 4) is 5.75 Å². The van der Waals surface area contributed by atoms with E-state index in [0.717, 1.165) is 12.8 Å². The Bertz CT molecular complexity index is 1020. The molecule has 2 aromatic rings. The summed E-state index contributed by atoms with van der Waals surface area (Å²) in [5.41, 5.74) is 5.96. The first-order valence-electron chi connectivity index (χ1n) is 9.68. The number of rotatable bonds is 7. The lowest BCUT2D eigenvalue weighted by atomic mass is 10.0. The molecule has 1 atom stereocenters. The number of nitrogens with one attached hydrogen (secondary N) is 1. The van der Waals surface area contributed by atoms with Crippen molar-refractivity contribution in [2.75, 3.05) is 25.0 Å². The molecule has 30 heavy (non-hydrogen) atoms. The molecule has 3 N–H and O–H groups in total. The van der Waals surface area contributed by atoms with E-state index in [2.05, 4.69) is 5.32 Å². The summed E-state index contributed by atoms with van der Waals surface area (Å²) >= 11 is 0. The number of hydrogen-bond acceptors (Lipinski definition) is 5.